The first kappa shape index (κ1) is 18.7. The summed E-state index contributed by atoms with van der Waals surface area (Å²) in [6, 6.07) is 7.80. The van der Waals surface area contributed by atoms with Gasteiger partial charge < -0.3 is 4.74 Å². The highest BCUT2D eigenvalue weighted by atomic mass is 35.5. The van der Waals surface area contributed by atoms with Crippen molar-refractivity contribution in [1.82, 2.24) is 0 Å². The van der Waals surface area contributed by atoms with E-state index in [1.54, 1.807) is 0 Å². The minimum absolute atomic E-state index is 0.00311. The average molecular weight is 413 g/mol. The molecule has 1 heterocycles. The van der Waals surface area contributed by atoms with Crippen molar-refractivity contribution >= 4 is 21.4 Å². The maximum absolute atomic E-state index is 15.0. The minimum Gasteiger partial charge on any atom is -0.490 e. The summed E-state index contributed by atoms with van der Waals surface area (Å²) in [5, 5.41) is 0.407. The molecule has 0 bridgehead atoms. The van der Waals surface area contributed by atoms with Gasteiger partial charge in [0.1, 0.15) is 10.6 Å². The Morgan fingerprint density at radius 2 is 1.78 bits per heavy atom. The van der Waals surface area contributed by atoms with Gasteiger partial charge in [-0.15, -0.1) is 0 Å². The zero-order chi connectivity index (χ0) is 19.4. The lowest BCUT2D eigenvalue weighted by Gasteiger charge is -2.49. The number of halogens is 3. The van der Waals surface area contributed by atoms with E-state index in [0.29, 0.717) is 11.4 Å². The van der Waals surface area contributed by atoms with Crippen LogP contribution in [0.3, 0.4) is 0 Å². The van der Waals surface area contributed by atoms with E-state index in [2.05, 4.69) is 0 Å². The summed E-state index contributed by atoms with van der Waals surface area (Å²) in [5.74, 6) is -2.23. The monoisotopic (exact) mass is 412 g/mol. The van der Waals surface area contributed by atoms with Crippen LogP contribution in [0.1, 0.15) is 31.7 Å². The van der Waals surface area contributed by atoms with Gasteiger partial charge in [-0.05, 0) is 48.7 Å². The summed E-state index contributed by atoms with van der Waals surface area (Å²) in [7, 11) is -4.03. The summed E-state index contributed by atoms with van der Waals surface area (Å²) >= 11 is 5.91. The molecule has 0 amide bonds. The van der Waals surface area contributed by atoms with Crippen molar-refractivity contribution in [3.63, 3.8) is 0 Å². The maximum atomic E-state index is 15.0. The normalized spacial score (nSPS) is 27.4. The van der Waals surface area contributed by atoms with E-state index in [1.807, 2.05) is 6.92 Å². The summed E-state index contributed by atoms with van der Waals surface area (Å²) in [6.45, 7) is 1.99. The number of hydrogen-bond donors (Lipinski definition) is 0. The number of benzene rings is 2. The molecule has 3 nitrogen and oxygen atoms in total. The maximum Gasteiger partial charge on any atom is 0.188 e. The molecule has 0 aromatic heterocycles. The predicted octanol–water partition coefficient (Wildman–Crippen LogP) is 5.12. The highest BCUT2D eigenvalue weighted by Crippen LogP contribution is 2.57. The van der Waals surface area contributed by atoms with E-state index in [0.717, 1.165) is 18.6 Å². The van der Waals surface area contributed by atoms with Crippen LogP contribution in [0.25, 0.3) is 0 Å². The zero-order valence-corrected chi connectivity index (χ0v) is 16.3. The third kappa shape index (κ3) is 2.60. The van der Waals surface area contributed by atoms with Gasteiger partial charge in [0.15, 0.2) is 21.4 Å². The molecule has 0 N–H and O–H groups in total. The Kier molecular flexibility index (Phi) is 4.47. The Hall–Kier alpha value is -1.66. The standard InChI is InChI=1S/C20H19ClF2O3S/c1-12-3-2-10-20(27(24,25)14-6-4-13(21)5-7-14)15(12)11-26-19-17(23)9-8-16(22)18(19)20/h4-9,12,15H,2-3,10-11H2,1H3/t12-,15?,20-/m1/s1. The van der Waals surface area contributed by atoms with Crippen molar-refractivity contribution in [2.75, 3.05) is 6.61 Å². The summed E-state index contributed by atoms with van der Waals surface area (Å²) in [5.41, 5.74) is -0.166. The number of sulfone groups is 1. The van der Waals surface area contributed by atoms with Gasteiger partial charge in [0.2, 0.25) is 0 Å². The van der Waals surface area contributed by atoms with E-state index < -0.39 is 32.1 Å². The lowest BCUT2D eigenvalue weighted by Crippen LogP contribution is -2.53. The Labute approximate surface area is 162 Å². The molecule has 0 spiro atoms. The van der Waals surface area contributed by atoms with Gasteiger partial charge in [-0.25, -0.2) is 17.2 Å². The van der Waals surface area contributed by atoms with Gasteiger partial charge in [0, 0.05) is 10.9 Å². The third-order valence-electron chi connectivity index (χ3n) is 5.99. The van der Waals surface area contributed by atoms with Crippen molar-refractivity contribution in [2.45, 2.75) is 35.8 Å². The number of fused-ring (bicyclic) bond motifs is 3. The molecule has 2 aliphatic rings. The molecule has 1 aliphatic carbocycles. The molecular formula is C20H19ClF2O3S. The molecule has 1 saturated carbocycles. The van der Waals surface area contributed by atoms with Crippen LogP contribution in [0, 0.1) is 23.5 Å². The Bertz CT molecular complexity index is 991. The van der Waals surface area contributed by atoms with Crippen LogP contribution >= 0.6 is 11.6 Å². The van der Waals surface area contributed by atoms with Crippen molar-refractivity contribution in [3.05, 3.63) is 58.6 Å². The van der Waals surface area contributed by atoms with Gasteiger partial charge >= 0.3 is 0 Å². The second-order valence-electron chi connectivity index (χ2n) is 7.37. The molecule has 0 saturated heterocycles. The molecule has 7 heteroatoms. The molecule has 3 atom stereocenters. The first-order valence-electron chi connectivity index (χ1n) is 8.90. The largest absolute Gasteiger partial charge is 0.490 e. The zero-order valence-electron chi connectivity index (χ0n) is 14.7. The van der Waals surface area contributed by atoms with E-state index in [4.69, 9.17) is 16.3 Å². The predicted molar refractivity (Wildman–Crippen MR) is 98.7 cm³/mol. The Morgan fingerprint density at radius 3 is 2.48 bits per heavy atom. The molecule has 4 rings (SSSR count). The smallest absolute Gasteiger partial charge is 0.188 e. The van der Waals surface area contributed by atoms with Crippen molar-refractivity contribution in [3.8, 4) is 5.75 Å². The van der Waals surface area contributed by atoms with Gasteiger partial charge in [-0.1, -0.05) is 31.4 Å². The van der Waals surface area contributed by atoms with Crippen LogP contribution in [0.4, 0.5) is 8.78 Å². The molecule has 1 unspecified atom stereocenters. The fraction of sp³-hybridized carbons (Fsp3) is 0.400. The minimum atomic E-state index is -4.03. The average Bonchev–Trinajstić information content (AvgIpc) is 2.64. The van der Waals surface area contributed by atoms with Crippen molar-refractivity contribution < 1.29 is 21.9 Å². The quantitative estimate of drug-likeness (QED) is 0.687. The molecule has 144 valence electrons. The van der Waals surface area contributed by atoms with E-state index in [9.17, 15) is 17.2 Å². The highest BCUT2D eigenvalue weighted by Gasteiger charge is 2.60. The molecule has 2 aromatic rings. The summed E-state index contributed by atoms with van der Waals surface area (Å²) in [6.07, 6.45) is 1.65. The third-order valence-corrected chi connectivity index (χ3v) is 8.80. The molecule has 1 aliphatic heterocycles. The molecule has 2 aromatic carbocycles. The first-order chi connectivity index (χ1) is 12.8. The molecule has 27 heavy (non-hydrogen) atoms. The summed E-state index contributed by atoms with van der Waals surface area (Å²) in [4.78, 5) is 0.0579. The topological polar surface area (TPSA) is 43.4 Å². The highest BCUT2D eigenvalue weighted by molar-refractivity contribution is 7.92. The Morgan fingerprint density at radius 1 is 1.11 bits per heavy atom. The second-order valence-corrected chi connectivity index (χ2v) is 10.0. The van der Waals surface area contributed by atoms with E-state index in [1.165, 1.54) is 24.3 Å². The van der Waals surface area contributed by atoms with Crippen LogP contribution in [0.2, 0.25) is 5.02 Å². The van der Waals surface area contributed by atoms with Crippen LogP contribution < -0.4 is 4.74 Å². The van der Waals surface area contributed by atoms with Gasteiger partial charge in [-0.3, -0.25) is 0 Å². The number of ether oxygens (including phenoxy) is 1. The molecular weight excluding hydrogens is 394 g/mol. The Balaban J connectivity index is 2.04. The van der Waals surface area contributed by atoms with Crippen molar-refractivity contribution in [2.24, 2.45) is 11.8 Å². The lowest BCUT2D eigenvalue weighted by atomic mass is 9.68. The van der Waals surface area contributed by atoms with Crippen molar-refractivity contribution in [1.29, 1.82) is 0 Å². The second kappa shape index (κ2) is 6.45. The fourth-order valence-electron chi connectivity index (χ4n) is 4.68. The lowest BCUT2D eigenvalue weighted by molar-refractivity contribution is 0.0831. The first-order valence-corrected chi connectivity index (χ1v) is 10.8. The molecule has 1 fully saturated rings. The molecule has 0 radical (unpaired) electrons. The van der Waals surface area contributed by atoms with Crippen LogP contribution in [0.5, 0.6) is 5.75 Å². The van der Waals surface area contributed by atoms with Gasteiger partial charge in [0.05, 0.1) is 17.1 Å². The fourth-order valence-corrected chi connectivity index (χ4v) is 7.29. The number of rotatable bonds is 2. The summed E-state index contributed by atoms with van der Waals surface area (Å²) < 4.78 is 61.1. The van der Waals surface area contributed by atoms with Crippen LogP contribution in [0.15, 0.2) is 41.3 Å². The van der Waals surface area contributed by atoms with E-state index >= 15 is 0 Å². The van der Waals surface area contributed by atoms with Gasteiger partial charge in [-0.2, -0.15) is 0 Å². The van der Waals surface area contributed by atoms with Crippen LogP contribution in [-0.4, -0.2) is 15.0 Å². The van der Waals surface area contributed by atoms with E-state index in [-0.39, 0.29) is 35.2 Å². The van der Waals surface area contributed by atoms with Crippen LogP contribution in [-0.2, 0) is 14.6 Å². The SMILES string of the molecule is C[C@@H]1CCC[C@]2(S(=O)(=O)c3ccc(Cl)cc3)c3c(F)ccc(F)c3OCC12. The van der Waals surface area contributed by atoms with Gasteiger partial charge in [0.25, 0.3) is 0 Å². The number of hydrogen-bond acceptors (Lipinski definition) is 3.